The number of hydrogen-bond acceptors (Lipinski definition) is 3. The Bertz CT molecular complexity index is 511. The molecular weight excluding hydrogens is 310 g/mol. The summed E-state index contributed by atoms with van der Waals surface area (Å²) in [6.07, 6.45) is -0.448. The molecule has 2 aromatic rings. The number of halogens is 1. The zero-order valence-electron chi connectivity index (χ0n) is 10.4. The fraction of sp³-hybridized carbons (Fsp3) is 0.286. The van der Waals surface area contributed by atoms with Crippen LogP contribution in [0.15, 0.2) is 40.2 Å². The molecule has 0 unspecified atom stereocenters. The molecule has 1 aromatic carbocycles. The van der Waals surface area contributed by atoms with Crippen LogP contribution in [0.3, 0.4) is 0 Å². The molecule has 1 aromatic heterocycles. The second-order valence-electron chi connectivity index (χ2n) is 4.32. The Morgan fingerprint density at radius 1 is 1.39 bits per heavy atom. The first-order valence-electron chi connectivity index (χ1n) is 5.79. The van der Waals surface area contributed by atoms with Crippen molar-refractivity contribution in [3.05, 3.63) is 50.6 Å². The topological polar surface area (TPSA) is 23.5 Å². The Labute approximate surface area is 120 Å². The predicted molar refractivity (Wildman–Crippen MR) is 81.2 cm³/mol. The number of rotatable bonds is 4. The third-order valence-corrected chi connectivity index (χ3v) is 4.40. The average Bonchev–Trinajstić information content (AvgIpc) is 2.81. The van der Waals surface area contributed by atoms with Gasteiger partial charge in [0.15, 0.2) is 0 Å². The van der Waals surface area contributed by atoms with E-state index < -0.39 is 6.10 Å². The first-order valence-corrected chi connectivity index (χ1v) is 7.46. The number of thiophene rings is 1. The quantitative estimate of drug-likeness (QED) is 0.910. The van der Waals surface area contributed by atoms with Gasteiger partial charge in [-0.1, -0.05) is 28.1 Å². The van der Waals surface area contributed by atoms with Gasteiger partial charge in [-0.25, -0.2) is 0 Å². The summed E-state index contributed by atoms with van der Waals surface area (Å²) >= 11 is 5.27. The van der Waals surface area contributed by atoms with Crippen LogP contribution >= 0.6 is 27.3 Å². The van der Waals surface area contributed by atoms with Crippen molar-refractivity contribution in [3.63, 3.8) is 0 Å². The first kappa shape index (κ1) is 13.6. The maximum atomic E-state index is 9.60. The average molecular weight is 326 g/mol. The number of aliphatic hydroxyl groups is 1. The number of hydrogen-bond donors (Lipinski definition) is 1. The molecule has 0 aliphatic carbocycles. The Hall–Kier alpha value is -0.840. The third kappa shape index (κ3) is 3.13. The van der Waals surface area contributed by atoms with Crippen molar-refractivity contribution in [3.8, 4) is 0 Å². The predicted octanol–water partition coefficient (Wildman–Crippen LogP) is 4.20. The molecule has 0 aliphatic heterocycles. The van der Waals surface area contributed by atoms with E-state index in [0.29, 0.717) is 0 Å². The van der Waals surface area contributed by atoms with Gasteiger partial charge in [0.2, 0.25) is 0 Å². The van der Waals surface area contributed by atoms with Gasteiger partial charge >= 0.3 is 0 Å². The van der Waals surface area contributed by atoms with Crippen molar-refractivity contribution in [2.24, 2.45) is 0 Å². The lowest BCUT2D eigenvalue weighted by Gasteiger charge is -2.20. The van der Waals surface area contributed by atoms with Crippen molar-refractivity contribution < 1.29 is 5.11 Å². The van der Waals surface area contributed by atoms with E-state index in [1.165, 1.54) is 4.88 Å². The van der Waals surface area contributed by atoms with Gasteiger partial charge < -0.3 is 10.0 Å². The lowest BCUT2D eigenvalue weighted by Crippen LogP contribution is -2.15. The molecule has 0 amide bonds. The highest BCUT2D eigenvalue weighted by molar-refractivity contribution is 9.10. The highest BCUT2D eigenvalue weighted by Gasteiger charge is 2.09. The lowest BCUT2D eigenvalue weighted by atomic mass is 10.1. The van der Waals surface area contributed by atoms with Crippen LogP contribution < -0.4 is 4.90 Å². The molecule has 1 heterocycles. The molecule has 2 nitrogen and oxygen atoms in total. The van der Waals surface area contributed by atoms with Gasteiger partial charge in [-0.15, -0.1) is 11.3 Å². The highest BCUT2D eigenvalue weighted by atomic mass is 79.9. The molecular formula is C14H16BrNOS. The molecule has 0 fully saturated rings. The van der Waals surface area contributed by atoms with Gasteiger partial charge in [-0.2, -0.15) is 0 Å². The number of aliphatic hydroxyl groups excluding tert-OH is 1. The monoisotopic (exact) mass is 325 g/mol. The van der Waals surface area contributed by atoms with E-state index in [-0.39, 0.29) is 0 Å². The SMILES string of the molecule is C[C@H](O)c1ccc(N(C)Cc2cccs2)cc1Br. The highest BCUT2D eigenvalue weighted by Crippen LogP contribution is 2.28. The van der Waals surface area contributed by atoms with E-state index in [2.05, 4.69) is 51.5 Å². The standard InChI is InChI=1S/C14H16BrNOS/c1-10(17)13-6-5-11(8-14(13)15)16(2)9-12-4-3-7-18-12/h3-8,10,17H,9H2,1-2H3/t10-/m0/s1. The van der Waals surface area contributed by atoms with Crippen molar-refractivity contribution in [1.82, 2.24) is 0 Å². The zero-order valence-corrected chi connectivity index (χ0v) is 12.8. The Kier molecular flexibility index (Phi) is 4.43. The summed E-state index contributed by atoms with van der Waals surface area (Å²) in [5.41, 5.74) is 2.06. The Morgan fingerprint density at radius 2 is 2.17 bits per heavy atom. The minimum absolute atomic E-state index is 0.448. The second kappa shape index (κ2) is 5.87. The van der Waals surface area contributed by atoms with E-state index in [1.807, 2.05) is 12.1 Å². The van der Waals surface area contributed by atoms with Crippen molar-refractivity contribution >= 4 is 33.0 Å². The van der Waals surface area contributed by atoms with E-state index in [0.717, 1.165) is 22.3 Å². The van der Waals surface area contributed by atoms with Crippen molar-refractivity contribution in [1.29, 1.82) is 0 Å². The van der Waals surface area contributed by atoms with Crippen LogP contribution in [0.2, 0.25) is 0 Å². The van der Waals surface area contributed by atoms with Crippen LogP contribution in [0.5, 0.6) is 0 Å². The van der Waals surface area contributed by atoms with Crippen LogP contribution in [-0.4, -0.2) is 12.2 Å². The van der Waals surface area contributed by atoms with Crippen molar-refractivity contribution in [2.45, 2.75) is 19.6 Å². The fourth-order valence-electron chi connectivity index (χ4n) is 1.82. The summed E-state index contributed by atoms with van der Waals surface area (Å²) in [6, 6.07) is 10.3. The zero-order chi connectivity index (χ0) is 13.1. The van der Waals surface area contributed by atoms with Gasteiger partial charge in [-0.3, -0.25) is 0 Å². The molecule has 0 spiro atoms. The molecule has 0 saturated heterocycles. The van der Waals surface area contributed by atoms with E-state index in [4.69, 9.17) is 0 Å². The smallest absolute Gasteiger partial charge is 0.0772 e. The van der Waals surface area contributed by atoms with Crippen LogP contribution in [0.25, 0.3) is 0 Å². The summed E-state index contributed by atoms with van der Waals surface area (Å²) in [5, 5.41) is 11.7. The van der Waals surface area contributed by atoms with Gasteiger partial charge in [0.05, 0.1) is 12.6 Å². The van der Waals surface area contributed by atoms with E-state index >= 15 is 0 Å². The summed E-state index contributed by atoms with van der Waals surface area (Å²) in [5.74, 6) is 0. The molecule has 0 radical (unpaired) electrons. The molecule has 0 bridgehead atoms. The van der Waals surface area contributed by atoms with Gasteiger partial charge in [0.25, 0.3) is 0 Å². The fourth-order valence-corrected chi connectivity index (χ4v) is 3.28. The molecule has 4 heteroatoms. The van der Waals surface area contributed by atoms with Crippen LogP contribution in [-0.2, 0) is 6.54 Å². The summed E-state index contributed by atoms with van der Waals surface area (Å²) < 4.78 is 0.952. The van der Waals surface area contributed by atoms with E-state index in [9.17, 15) is 5.11 Å². The summed E-state index contributed by atoms with van der Waals surface area (Å²) in [7, 11) is 2.07. The number of benzene rings is 1. The Balaban J connectivity index is 2.16. The molecule has 0 aliphatic rings. The van der Waals surface area contributed by atoms with Crippen LogP contribution in [0, 0.1) is 0 Å². The molecule has 96 valence electrons. The van der Waals surface area contributed by atoms with Crippen LogP contribution in [0.1, 0.15) is 23.5 Å². The number of anilines is 1. The first-order chi connectivity index (χ1) is 8.58. The third-order valence-electron chi connectivity index (χ3n) is 2.85. The van der Waals surface area contributed by atoms with Crippen molar-refractivity contribution in [2.75, 3.05) is 11.9 Å². The lowest BCUT2D eigenvalue weighted by molar-refractivity contribution is 0.198. The van der Waals surface area contributed by atoms with Gasteiger partial charge in [0.1, 0.15) is 0 Å². The minimum Gasteiger partial charge on any atom is -0.389 e. The second-order valence-corrected chi connectivity index (χ2v) is 6.20. The van der Waals surface area contributed by atoms with Gasteiger partial charge in [-0.05, 0) is 36.1 Å². The maximum Gasteiger partial charge on any atom is 0.0772 e. The molecule has 2 rings (SSSR count). The minimum atomic E-state index is -0.448. The molecule has 0 saturated carbocycles. The van der Waals surface area contributed by atoms with Crippen LogP contribution in [0.4, 0.5) is 5.69 Å². The van der Waals surface area contributed by atoms with Gasteiger partial charge in [0, 0.05) is 22.1 Å². The summed E-state index contributed by atoms with van der Waals surface area (Å²) in [4.78, 5) is 3.54. The maximum absolute atomic E-state index is 9.60. The molecule has 1 atom stereocenters. The normalized spacial score (nSPS) is 12.4. The van der Waals surface area contributed by atoms with E-state index in [1.54, 1.807) is 18.3 Å². The number of nitrogens with zero attached hydrogens (tertiary/aromatic N) is 1. The molecule has 1 N–H and O–H groups in total. The summed E-state index contributed by atoms with van der Waals surface area (Å²) in [6.45, 7) is 2.67. The largest absolute Gasteiger partial charge is 0.389 e. The Morgan fingerprint density at radius 3 is 2.72 bits per heavy atom. The molecule has 18 heavy (non-hydrogen) atoms.